The number of hydrogen-bond acceptors (Lipinski definition) is 6. The summed E-state index contributed by atoms with van der Waals surface area (Å²) >= 11 is 0. The van der Waals surface area contributed by atoms with Gasteiger partial charge in [-0.1, -0.05) is 6.07 Å². The second-order valence-corrected chi connectivity index (χ2v) is 7.96. The number of ether oxygens (including phenoxy) is 4. The SMILES string of the molecule is COc1cccc(C(=O)N2CC3(CC(CC(=O)N4CCOCC4)CO3)C2)c1OC. The molecule has 8 heteroatoms. The van der Waals surface area contributed by atoms with Crippen LogP contribution in [0.15, 0.2) is 18.2 Å². The number of nitrogens with zero attached hydrogens (tertiary/aromatic N) is 2. The van der Waals surface area contributed by atoms with Crippen LogP contribution in [0.2, 0.25) is 0 Å². The van der Waals surface area contributed by atoms with Gasteiger partial charge in [0.2, 0.25) is 5.91 Å². The van der Waals surface area contributed by atoms with E-state index in [2.05, 4.69) is 0 Å². The van der Waals surface area contributed by atoms with Crippen molar-refractivity contribution >= 4 is 11.8 Å². The van der Waals surface area contributed by atoms with E-state index in [0.29, 0.717) is 69.5 Å². The third-order valence-electron chi connectivity index (χ3n) is 5.99. The monoisotopic (exact) mass is 404 g/mol. The third kappa shape index (κ3) is 3.91. The number of carbonyl (C=O) groups is 2. The topological polar surface area (TPSA) is 77.5 Å². The van der Waals surface area contributed by atoms with Crippen LogP contribution in [0, 0.1) is 5.92 Å². The van der Waals surface area contributed by atoms with E-state index in [1.807, 2.05) is 4.90 Å². The van der Waals surface area contributed by atoms with Gasteiger partial charge in [-0.25, -0.2) is 0 Å². The van der Waals surface area contributed by atoms with Crippen LogP contribution >= 0.6 is 0 Å². The Morgan fingerprint density at radius 1 is 1.14 bits per heavy atom. The molecule has 0 saturated carbocycles. The molecule has 0 radical (unpaired) electrons. The van der Waals surface area contributed by atoms with E-state index >= 15 is 0 Å². The number of methoxy groups -OCH3 is 2. The van der Waals surface area contributed by atoms with E-state index in [9.17, 15) is 9.59 Å². The van der Waals surface area contributed by atoms with E-state index in [-0.39, 0.29) is 23.3 Å². The van der Waals surface area contributed by atoms with E-state index in [1.165, 1.54) is 7.11 Å². The lowest BCUT2D eigenvalue weighted by molar-refractivity contribution is -0.136. The molecule has 3 heterocycles. The minimum absolute atomic E-state index is 0.0946. The molecule has 3 aliphatic rings. The summed E-state index contributed by atoms with van der Waals surface area (Å²) in [5.74, 6) is 1.26. The van der Waals surface area contributed by atoms with Crippen LogP contribution in [0.5, 0.6) is 11.5 Å². The molecule has 1 aromatic rings. The van der Waals surface area contributed by atoms with E-state index in [1.54, 1.807) is 30.2 Å². The molecule has 0 bridgehead atoms. The summed E-state index contributed by atoms with van der Waals surface area (Å²) in [6.07, 6.45) is 1.31. The lowest BCUT2D eigenvalue weighted by Gasteiger charge is -2.47. The summed E-state index contributed by atoms with van der Waals surface area (Å²) in [5, 5.41) is 0. The molecule has 29 heavy (non-hydrogen) atoms. The van der Waals surface area contributed by atoms with Crippen molar-refractivity contribution in [1.82, 2.24) is 9.80 Å². The molecule has 3 saturated heterocycles. The molecule has 2 amide bonds. The zero-order valence-electron chi connectivity index (χ0n) is 17.0. The molecule has 1 aromatic carbocycles. The van der Waals surface area contributed by atoms with Gasteiger partial charge in [-0.05, 0) is 24.5 Å². The number of benzene rings is 1. The van der Waals surface area contributed by atoms with Gasteiger partial charge in [0.25, 0.3) is 5.91 Å². The molecule has 1 spiro atoms. The number of carbonyl (C=O) groups excluding carboxylic acids is 2. The van der Waals surface area contributed by atoms with Crippen LogP contribution < -0.4 is 9.47 Å². The zero-order chi connectivity index (χ0) is 20.4. The standard InChI is InChI=1S/C21H28N2O6/c1-26-17-5-3-4-16(19(17)27-2)20(25)23-13-21(14-23)11-15(12-29-21)10-18(24)22-6-8-28-9-7-22/h3-5,15H,6-14H2,1-2H3. The Kier molecular flexibility index (Phi) is 5.65. The van der Waals surface area contributed by atoms with Gasteiger partial charge in [0, 0.05) is 19.5 Å². The van der Waals surface area contributed by atoms with Gasteiger partial charge in [-0.2, -0.15) is 0 Å². The zero-order valence-corrected chi connectivity index (χ0v) is 17.0. The predicted molar refractivity (Wildman–Crippen MR) is 104 cm³/mol. The smallest absolute Gasteiger partial charge is 0.257 e. The maximum atomic E-state index is 12.9. The highest BCUT2D eigenvalue weighted by molar-refractivity contribution is 5.98. The number of rotatable bonds is 5. The van der Waals surface area contributed by atoms with Crippen molar-refractivity contribution < 1.29 is 28.5 Å². The average Bonchev–Trinajstić information content (AvgIpc) is 3.16. The number of morpholine rings is 1. The number of para-hydroxylation sites is 1. The number of hydrogen-bond donors (Lipinski definition) is 0. The largest absolute Gasteiger partial charge is 0.493 e. The number of likely N-dealkylation sites (tertiary alicyclic amines) is 1. The molecule has 158 valence electrons. The van der Waals surface area contributed by atoms with Crippen molar-refractivity contribution in [1.29, 1.82) is 0 Å². The quantitative estimate of drug-likeness (QED) is 0.734. The average molecular weight is 404 g/mol. The van der Waals surface area contributed by atoms with Crippen molar-refractivity contribution in [2.45, 2.75) is 18.4 Å². The van der Waals surface area contributed by atoms with Crippen LogP contribution in [0.4, 0.5) is 0 Å². The Morgan fingerprint density at radius 3 is 2.59 bits per heavy atom. The fraction of sp³-hybridized carbons (Fsp3) is 0.619. The number of amides is 2. The van der Waals surface area contributed by atoms with E-state index < -0.39 is 0 Å². The van der Waals surface area contributed by atoms with Crippen molar-refractivity contribution in [3.05, 3.63) is 23.8 Å². The predicted octanol–water partition coefficient (Wildman–Crippen LogP) is 1.18. The molecular formula is C21H28N2O6. The highest BCUT2D eigenvalue weighted by Crippen LogP contribution is 2.41. The van der Waals surface area contributed by atoms with Gasteiger partial charge in [0.05, 0.1) is 52.7 Å². The normalized spacial score (nSPS) is 23.0. The first-order valence-corrected chi connectivity index (χ1v) is 10.0. The van der Waals surface area contributed by atoms with Crippen LogP contribution in [-0.2, 0) is 14.3 Å². The Balaban J connectivity index is 1.33. The summed E-state index contributed by atoms with van der Waals surface area (Å²) in [7, 11) is 3.08. The molecule has 1 atom stereocenters. The first-order valence-electron chi connectivity index (χ1n) is 10.0. The molecule has 3 fully saturated rings. The third-order valence-corrected chi connectivity index (χ3v) is 5.99. The Morgan fingerprint density at radius 2 is 1.90 bits per heavy atom. The maximum absolute atomic E-state index is 12.9. The molecule has 0 aliphatic carbocycles. The molecule has 4 rings (SSSR count). The summed E-state index contributed by atoms with van der Waals surface area (Å²) in [5.41, 5.74) is 0.163. The van der Waals surface area contributed by atoms with Gasteiger partial charge < -0.3 is 28.7 Å². The Bertz CT molecular complexity index is 770. The lowest BCUT2D eigenvalue weighted by Crippen LogP contribution is -2.63. The minimum Gasteiger partial charge on any atom is -0.493 e. The molecule has 0 aromatic heterocycles. The highest BCUT2D eigenvalue weighted by Gasteiger charge is 2.52. The summed E-state index contributed by atoms with van der Waals surface area (Å²) in [6.45, 7) is 4.21. The first-order chi connectivity index (χ1) is 14.0. The summed E-state index contributed by atoms with van der Waals surface area (Å²) in [6, 6.07) is 5.29. The van der Waals surface area contributed by atoms with Gasteiger partial charge >= 0.3 is 0 Å². The van der Waals surface area contributed by atoms with Gasteiger partial charge in [-0.15, -0.1) is 0 Å². The molecular weight excluding hydrogens is 376 g/mol. The van der Waals surface area contributed by atoms with E-state index in [4.69, 9.17) is 18.9 Å². The second kappa shape index (κ2) is 8.20. The van der Waals surface area contributed by atoms with Crippen molar-refractivity contribution in [3.63, 3.8) is 0 Å². The Hall–Kier alpha value is -2.32. The molecule has 8 nitrogen and oxygen atoms in total. The van der Waals surface area contributed by atoms with E-state index in [0.717, 1.165) is 6.42 Å². The fourth-order valence-electron chi connectivity index (χ4n) is 4.50. The summed E-state index contributed by atoms with van der Waals surface area (Å²) < 4.78 is 22.0. The Labute approximate surface area is 170 Å². The fourth-order valence-corrected chi connectivity index (χ4v) is 4.50. The van der Waals surface area contributed by atoms with Gasteiger partial charge in [-0.3, -0.25) is 9.59 Å². The van der Waals surface area contributed by atoms with Crippen LogP contribution in [0.3, 0.4) is 0 Å². The molecule has 1 unspecified atom stereocenters. The molecule has 0 N–H and O–H groups in total. The summed E-state index contributed by atoms with van der Waals surface area (Å²) in [4.78, 5) is 29.1. The van der Waals surface area contributed by atoms with Gasteiger partial charge in [0.1, 0.15) is 5.60 Å². The first kappa shape index (κ1) is 20.0. The van der Waals surface area contributed by atoms with Crippen LogP contribution in [0.1, 0.15) is 23.2 Å². The minimum atomic E-state index is -0.322. The van der Waals surface area contributed by atoms with Crippen molar-refractivity contribution in [2.24, 2.45) is 5.92 Å². The lowest BCUT2D eigenvalue weighted by atomic mass is 9.85. The van der Waals surface area contributed by atoms with Crippen LogP contribution in [0.25, 0.3) is 0 Å². The maximum Gasteiger partial charge on any atom is 0.257 e. The van der Waals surface area contributed by atoms with Crippen molar-refractivity contribution in [2.75, 3.05) is 60.2 Å². The molecule has 3 aliphatic heterocycles. The highest BCUT2D eigenvalue weighted by atomic mass is 16.5. The second-order valence-electron chi connectivity index (χ2n) is 7.96. The van der Waals surface area contributed by atoms with Crippen molar-refractivity contribution in [3.8, 4) is 11.5 Å². The van der Waals surface area contributed by atoms with Crippen LogP contribution in [-0.4, -0.2) is 87.4 Å². The van der Waals surface area contributed by atoms with Gasteiger partial charge in [0.15, 0.2) is 11.5 Å².